The maximum Gasteiger partial charge on any atom is 0.0790 e. The standard InChI is InChI=1S/C26H31NO/c1-19-8-14-24(15-9-19)27-25-16-11-22(12-17-25)6-4-5-7-26(28)23-13-10-20(2)21(3)18-23/h8-18,26-28H,4-7H2,1-3H3. The van der Waals surface area contributed by atoms with Crippen molar-refractivity contribution < 1.29 is 5.11 Å². The van der Waals surface area contributed by atoms with Gasteiger partial charge in [0.1, 0.15) is 0 Å². The van der Waals surface area contributed by atoms with Gasteiger partial charge in [0.25, 0.3) is 0 Å². The Labute approximate surface area is 169 Å². The molecule has 0 bridgehead atoms. The van der Waals surface area contributed by atoms with Gasteiger partial charge in [0.05, 0.1) is 6.10 Å². The third-order valence-corrected chi connectivity index (χ3v) is 5.40. The average Bonchev–Trinajstić information content (AvgIpc) is 2.70. The summed E-state index contributed by atoms with van der Waals surface area (Å²) in [5.74, 6) is 0. The molecule has 0 aromatic heterocycles. The number of aliphatic hydroxyl groups is 1. The van der Waals surface area contributed by atoms with Gasteiger partial charge in [-0.05, 0) is 86.6 Å². The summed E-state index contributed by atoms with van der Waals surface area (Å²) >= 11 is 0. The van der Waals surface area contributed by atoms with Gasteiger partial charge < -0.3 is 10.4 Å². The quantitative estimate of drug-likeness (QED) is 0.425. The van der Waals surface area contributed by atoms with Gasteiger partial charge in [-0.1, -0.05) is 54.4 Å². The van der Waals surface area contributed by atoms with Crippen molar-refractivity contribution in [3.8, 4) is 0 Å². The molecule has 0 fully saturated rings. The van der Waals surface area contributed by atoms with Gasteiger partial charge in [0.15, 0.2) is 0 Å². The maximum atomic E-state index is 10.4. The van der Waals surface area contributed by atoms with Crippen molar-refractivity contribution in [2.24, 2.45) is 0 Å². The SMILES string of the molecule is Cc1ccc(Nc2ccc(CCCCC(O)c3ccc(C)c(C)c3)cc2)cc1. The van der Waals surface area contributed by atoms with Crippen molar-refractivity contribution in [3.05, 3.63) is 94.5 Å². The predicted molar refractivity (Wildman–Crippen MR) is 119 cm³/mol. The summed E-state index contributed by atoms with van der Waals surface area (Å²) in [6.45, 7) is 6.30. The van der Waals surface area contributed by atoms with Crippen LogP contribution in [0.5, 0.6) is 0 Å². The zero-order valence-electron chi connectivity index (χ0n) is 17.2. The van der Waals surface area contributed by atoms with Gasteiger partial charge in [0.2, 0.25) is 0 Å². The molecule has 2 heteroatoms. The third kappa shape index (κ3) is 5.71. The van der Waals surface area contributed by atoms with Crippen LogP contribution in [0.4, 0.5) is 11.4 Å². The van der Waals surface area contributed by atoms with E-state index in [4.69, 9.17) is 0 Å². The largest absolute Gasteiger partial charge is 0.388 e. The van der Waals surface area contributed by atoms with Crippen molar-refractivity contribution in [1.29, 1.82) is 0 Å². The predicted octanol–water partition coefficient (Wildman–Crippen LogP) is 6.80. The lowest BCUT2D eigenvalue weighted by molar-refractivity contribution is 0.163. The fourth-order valence-electron chi connectivity index (χ4n) is 3.36. The van der Waals surface area contributed by atoms with Crippen LogP contribution >= 0.6 is 0 Å². The molecule has 0 radical (unpaired) electrons. The Hall–Kier alpha value is -2.58. The molecule has 3 rings (SSSR count). The summed E-state index contributed by atoms with van der Waals surface area (Å²) < 4.78 is 0. The fraction of sp³-hybridized carbons (Fsp3) is 0.308. The molecule has 0 saturated carbocycles. The lowest BCUT2D eigenvalue weighted by atomic mass is 9.98. The summed E-state index contributed by atoms with van der Waals surface area (Å²) in [7, 11) is 0. The van der Waals surface area contributed by atoms with Gasteiger partial charge in [0, 0.05) is 11.4 Å². The van der Waals surface area contributed by atoms with Crippen molar-refractivity contribution in [1.82, 2.24) is 0 Å². The Morgan fingerprint density at radius 3 is 2.04 bits per heavy atom. The summed E-state index contributed by atoms with van der Waals surface area (Å²) in [4.78, 5) is 0. The third-order valence-electron chi connectivity index (χ3n) is 5.40. The van der Waals surface area contributed by atoms with E-state index in [1.165, 1.54) is 22.3 Å². The first-order valence-corrected chi connectivity index (χ1v) is 10.2. The van der Waals surface area contributed by atoms with Crippen LogP contribution in [0.25, 0.3) is 0 Å². The van der Waals surface area contributed by atoms with E-state index in [2.05, 4.69) is 86.8 Å². The first-order valence-electron chi connectivity index (χ1n) is 10.2. The maximum absolute atomic E-state index is 10.4. The van der Waals surface area contributed by atoms with Crippen molar-refractivity contribution in [2.75, 3.05) is 5.32 Å². The molecule has 3 aromatic rings. The molecule has 146 valence electrons. The topological polar surface area (TPSA) is 32.3 Å². The van der Waals surface area contributed by atoms with Crippen LogP contribution in [0, 0.1) is 20.8 Å². The monoisotopic (exact) mass is 373 g/mol. The van der Waals surface area contributed by atoms with Gasteiger partial charge >= 0.3 is 0 Å². The molecule has 2 nitrogen and oxygen atoms in total. The second kappa shape index (κ2) is 9.57. The van der Waals surface area contributed by atoms with E-state index in [9.17, 15) is 5.11 Å². The number of rotatable bonds is 8. The highest BCUT2D eigenvalue weighted by Gasteiger charge is 2.08. The number of aliphatic hydroxyl groups excluding tert-OH is 1. The van der Waals surface area contributed by atoms with Crippen molar-refractivity contribution >= 4 is 11.4 Å². The molecule has 0 aliphatic rings. The van der Waals surface area contributed by atoms with E-state index < -0.39 is 0 Å². The van der Waals surface area contributed by atoms with Gasteiger partial charge in [-0.2, -0.15) is 0 Å². The van der Waals surface area contributed by atoms with Gasteiger partial charge in [-0.15, -0.1) is 0 Å². The average molecular weight is 374 g/mol. The zero-order valence-corrected chi connectivity index (χ0v) is 17.2. The Morgan fingerprint density at radius 1 is 0.750 bits per heavy atom. The number of benzene rings is 3. The zero-order chi connectivity index (χ0) is 19.9. The summed E-state index contributed by atoms with van der Waals surface area (Å²) in [5, 5.41) is 13.9. The van der Waals surface area contributed by atoms with Crippen LogP contribution in [-0.2, 0) is 6.42 Å². The molecular formula is C26H31NO. The number of hydrogen-bond acceptors (Lipinski definition) is 2. The van der Waals surface area contributed by atoms with E-state index in [1.807, 2.05) is 6.07 Å². The van der Waals surface area contributed by atoms with Crippen molar-refractivity contribution in [3.63, 3.8) is 0 Å². The first-order chi connectivity index (χ1) is 13.5. The Morgan fingerprint density at radius 2 is 1.39 bits per heavy atom. The number of nitrogens with one attached hydrogen (secondary N) is 1. The van der Waals surface area contributed by atoms with Gasteiger partial charge in [-0.3, -0.25) is 0 Å². The highest BCUT2D eigenvalue weighted by Crippen LogP contribution is 2.23. The molecule has 1 unspecified atom stereocenters. The lowest BCUT2D eigenvalue weighted by Crippen LogP contribution is -1.99. The number of unbranched alkanes of at least 4 members (excludes halogenated alkanes) is 1. The number of hydrogen-bond donors (Lipinski definition) is 2. The van der Waals surface area contributed by atoms with Crippen LogP contribution in [-0.4, -0.2) is 5.11 Å². The summed E-state index contributed by atoms with van der Waals surface area (Å²) in [5.41, 5.74) is 8.39. The van der Waals surface area contributed by atoms with E-state index in [0.717, 1.165) is 42.6 Å². The summed E-state index contributed by atoms with van der Waals surface area (Å²) in [6.07, 6.45) is 3.62. The molecule has 3 aromatic carbocycles. The molecule has 1 atom stereocenters. The fourth-order valence-corrected chi connectivity index (χ4v) is 3.36. The molecule has 0 spiro atoms. The normalized spacial score (nSPS) is 12.0. The molecule has 28 heavy (non-hydrogen) atoms. The minimum atomic E-state index is -0.361. The van der Waals surface area contributed by atoms with E-state index in [0.29, 0.717) is 0 Å². The first kappa shape index (κ1) is 20.2. The Bertz CT molecular complexity index is 881. The molecular weight excluding hydrogens is 342 g/mol. The Kier molecular flexibility index (Phi) is 6.89. The molecule has 0 aliphatic carbocycles. The van der Waals surface area contributed by atoms with Crippen LogP contribution in [0.15, 0.2) is 66.7 Å². The molecule has 0 heterocycles. The van der Waals surface area contributed by atoms with E-state index in [-0.39, 0.29) is 6.10 Å². The second-order valence-electron chi connectivity index (χ2n) is 7.79. The van der Waals surface area contributed by atoms with Crippen LogP contribution in [0.3, 0.4) is 0 Å². The van der Waals surface area contributed by atoms with E-state index >= 15 is 0 Å². The summed E-state index contributed by atoms with van der Waals surface area (Å²) in [6, 6.07) is 23.3. The minimum absolute atomic E-state index is 0.361. The van der Waals surface area contributed by atoms with Crippen LogP contribution < -0.4 is 5.32 Å². The highest BCUT2D eigenvalue weighted by atomic mass is 16.3. The smallest absolute Gasteiger partial charge is 0.0790 e. The molecule has 0 amide bonds. The van der Waals surface area contributed by atoms with Crippen LogP contribution in [0.1, 0.15) is 53.2 Å². The number of aryl methyl sites for hydroxylation is 4. The molecule has 0 saturated heterocycles. The van der Waals surface area contributed by atoms with Crippen LogP contribution in [0.2, 0.25) is 0 Å². The second-order valence-corrected chi connectivity index (χ2v) is 7.79. The highest BCUT2D eigenvalue weighted by molar-refractivity contribution is 5.60. The Balaban J connectivity index is 1.43. The minimum Gasteiger partial charge on any atom is -0.388 e. The lowest BCUT2D eigenvalue weighted by Gasteiger charge is -2.13. The molecule has 0 aliphatic heterocycles. The number of anilines is 2. The van der Waals surface area contributed by atoms with E-state index in [1.54, 1.807) is 0 Å². The molecule has 2 N–H and O–H groups in total. The van der Waals surface area contributed by atoms with Gasteiger partial charge in [-0.25, -0.2) is 0 Å². The van der Waals surface area contributed by atoms with Crippen molar-refractivity contribution in [2.45, 2.75) is 52.6 Å².